The number of benzene rings is 2. The number of nitrogens with two attached hydrogens (primary N) is 1. The van der Waals surface area contributed by atoms with E-state index in [2.05, 4.69) is 10.3 Å². The average molecular weight is 505 g/mol. The molecule has 4 aromatic rings. The van der Waals surface area contributed by atoms with Crippen LogP contribution in [0.1, 0.15) is 28.0 Å². The van der Waals surface area contributed by atoms with Crippen LogP contribution < -0.4 is 27.0 Å². The lowest BCUT2D eigenvalue weighted by Crippen LogP contribution is -2.43. The molecule has 3 heterocycles. The average Bonchev–Trinajstić information content (AvgIpc) is 3.34. The molecule has 1 aliphatic rings. The van der Waals surface area contributed by atoms with Gasteiger partial charge in [0, 0.05) is 35.8 Å². The number of rotatable bonds is 5. The second kappa shape index (κ2) is 9.34. The fourth-order valence-electron chi connectivity index (χ4n) is 4.25. The van der Waals surface area contributed by atoms with Gasteiger partial charge in [-0.2, -0.15) is 0 Å². The Balaban J connectivity index is 1.48. The van der Waals surface area contributed by atoms with Crippen molar-refractivity contribution in [3.63, 3.8) is 0 Å². The van der Waals surface area contributed by atoms with Crippen molar-refractivity contribution >= 4 is 17.4 Å². The Bertz CT molecular complexity index is 1660. The van der Waals surface area contributed by atoms with Crippen molar-refractivity contribution in [1.29, 1.82) is 0 Å². The van der Waals surface area contributed by atoms with Crippen molar-refractivity contribution in [3.8, 4) is 17.2 Å². The van der Waals surface area contributed by atoms with Crippen molar-refractivity contribution in [2.45, 2.75) is 26.3 Å². The summed E-state index contributed by atoms with van der Waals surface area (Å²) in [6, 6.07) is 10.2. The first-order chi connectivity index (χ1) is 17.7. The molecule has 0 spiro atoms. The maximum Gasteiger partial charge on any atom is 0.335 e. The summed E-state index contributed by atoms with van der Waals surface area (Å²) >= 11 is 0. The summed E-state index contributed by atoms with van der Waals surface area (Å²) in [5, 5.41) is 2.54. The molecule has 0 saturated carbocycles. The van der Waals surface area contributed by atoms with Gasteiger partial charge in [-0.3, -0.25) is 14.2 Å². The third-order valence-corrected chi connectivity index (χ3v) is 6.16. The van der Waals surface area contributed by atoms with Crippen LogP contribution in [0.15, 0.2) is 64.3 Å². The van der Waals surface area contributed by atoms with Crippen LogP contribution in [0.2, 0.25) is 0 Å². The Morgan fingerprint density at radius 3 is 2.57 bits per heavy atom. The highest BCUT2D eigenvalue weighted by molar-refractivity contribution is 6.05. The molecule has 5 rings (SSSR count). The largest absolute Gasteiger partial charge is 0.454 e. The summed E-state index contributed by atoms with van der Waals surface area (Å²) in [6.07, 6.45) is 2.36. The number of carbonyl (C=O) groups excluding carboxylic acids is 1. The lowest BCUT2D eigenvalue weighted by Gasteiger charge is -2.15. The molecule has 0 saturated heterocycles. The van der Waals surface area contributed by atoms with E-state index in [-0.39, 0.29) is 28.5 Å². The molecule has 11 heteroatoms. The number of hydrogen-bond acceptors (Lipinski definition) is 6. The fraction of sp³-hybridized carbons (Fsp3) is 0.154. The number of pyridine rings is 1. The first-order valence-corrected chi connectivity index (χ1v) is 11.4. The standard InChI is InChI=1S/C26H21F2N5O4/c1-14-20(10-11-30-23(14)29)37-21-9-6-16(13-18(21)28)31-24(34)22-19-3-2-12-32(19)26(36)33(25(22)35)17-7-4-15(27)5-8-17/h4-11,13H,2-3,12H2,1H3,(H2,29,30)(H,31,34). The summed E-state index contributed by atoms with van der Waals surface area (Å²) in [5.41, 5.74) is 5.14. The van der Waals surface area contributed by atoms with Crippen LogP contribution in [-0.2, 0) is 13.0 Å². The number of nitrogens with zero attached hydrogens (tertiary/aromatic N) is 3. The van der Waals surface area contributed by atoms with Gasteiger partial charge in [-0.15, -0.1) is 0 Å². The van der Waals surface area contributed by atoms with Crippen LogP contribution in [0, 0.1) is 18.6 Å². The number of nitrogens with one attached hydrogen (secondary N) is 1. The molecule has 9 nitrogen and oxygen atoms in total. The molecule has 0 fully saturated rings. The highest BCUT2D eigenvalue weighted by atomic mass is 19.1. The van der Waals surface area contributed by atoms with E-state index in [1.807, 2.05) is 0 Å². The summed E-state index contributed by atoms with van der Waals surface area (Å²) in [5.74, 6) is -1.61. The van der Waals surface area contributed by atoms with E-state index < -0.39 is 28.8 Å². The van der Waals surface area contributed by atoms with Crippen molar-refractivity contribution in [3.05, 3.63) is 104 Å². The van der Waals surface area contributed by atoms with Gasteiger partial charge in [0.1, 0.15) is 22.9 Å². The van der Waals surface area contributed by atoms with Crippen LogP contribution in [0.4, 0.5) is 20.3 Å². The second-order valence-electron chi connectivity index (χ2n) is 8.50. The minimum atomic E-state index is -0.839. The Labute approximate surface area is 208 Å². The quantitative estimate of drug-likeness (QED) is 0.428. The zero-order chi connectivity index (χ0) is 26.3. The van der Waals surface area contributed by atoms with Gasteiger partial charge in [-0.1, -0.05) is 0 Å². The van der Waals surface area contributed by atoms with Crippen molar-refractivity contribution < 1.29 is 18.3 Å². The zero-order valence-electron chi connectivity index (χ0n) is 19.6. The van der Waals surface area contributed by atoms with Gasteiger partial charge in [0.15, 0.2) is 11.6 Å². The number of fused-ring (bicyclic) bond motifs is 1. The third kappa shape index (κ3) is 4.35. The predicted octanol–water partition coefficient (Wildman–Crippen LogP) is 3.55. The Morgan fingerprint density at radius 2 is 1.84 bits per heavy atom. The normalized spacial score (nSPS) is 12.3. The van der Waals surface area contributed by atoms with Gasteiger partial charge >= 0.3 is 5.69 Å². The smallest absolute Gasteiger partial charge is 0.335 e. The van der Waals surface area contributed by atoms with E-state index in [1.54, 1.807) is 13.0 Å². The number of amides is 1. The maximum absolute atomic E-state index is 14.8. The van der Waals surface area contributed by atoms with Crippen LogP contribution in [-0.4, -0.2) is 20.0 Å². The highest BCUT2D eigenvalue weighted by Crippen LogP contribution is 2.30. The Hall–Kier alpha value is -4.80. The van der Waals surface area contributed by atoms with E-state index in [0.29, 0.717) is 36.4 Å². The molecule has 0 bridgehead atoms. The van der Waals surface area contributed by atoms with Gasteiger partial charge in [-0.05, 0) is 62.2 Å². The lowest BCUT2D eigenvalue weighted by atomic mass is 10.1. The van der Waals surface area contributed by atoms with Crippen LogP contribution in [0.25, 0.3) is 5.69 Å². The van der Waals surface area contributed by atoms with Crippen LogP contribution in [0.3, 0.4) is 0 Å². The molecule has 3 N–H and O–H groups in total. The minimum absolute atomic E-state index is 0.0801. The molecule has 0 atom stereocenters. The van der Waals surface area contributed by atoms with E-state index in [9.17, 15) is 23.2 Å². The molecule has 0 unspecified atom stereocenters. The Morgan fingerprint density at radius 1 is 1.08 bits per heavy atom. The van der Waals surface area contributed by atoms with E-state index >= 15 is 0 Å². The number of halogens is 2. The van der Waals surface area contributed by atoms with Crippen molar-refractivity contribution in [2.75, 3.05) is 11.1 Å². The lowest BCUT2D eigenvalue weighted by molar-refractivity contribution is 0.102. The molecule has 1 amide bonds. The van der Waals surface area contributed by atoms with Gasteiger partial charge in [0.2, 0.25) is 0 Å². The second-order valence-corrected chi connectivity index (χ2v) is 8.50. The van der Waals surface area contributed by atoms with Crippen molar-refractivity contribution in [2.24, 2.45) is 0 Å². The molecule has 37 heavy (non-hydrogen) atoms. The van der Waals surface area contributed by atoms with Crippen LogP contribution in [0.5, 0.6) is 11.5 Å². The summed E-state index contributed by atoms with van der Waals surface area (Å²) in [6.45, 7) is 2.02. The highest BCUT2D eigenvalue weighted by Gasteiger charge is 2.27. The number of anilines is 2. The first kappa shape index (κ1) is 23.9. The van der Waals surface area contributed by atoms with Gasteiger partial charge in [0.25, 0.3) is 11.5 Å². The third-order valence-electron chi connectivity index (χ3n) is 6.16. The first-order valence-electron chi connectivity index (χ1n) is 11.4. The monoisotopic (exact) mass is 505 g/mol. The molecular formula is C26H21F2N5O4. The number of ether oxygens (including phenoxy) is 1. The SMILES string of the molecule is Cc1c(Oc2ccc(NC(=O)c3c4n(c(=O)n(-c5ccc(F)cc5)c3=O)CCC4)cc2F)ccnc1N. The Kier molecular flexibility index (Phi) is 6.04. The van der Waals surface area contributed by atoms with E-state index in [1.165, 1.54) is 35.0 Å². The number of carbonyl (C=O) groups is 1. The molecule has 0 radical (unpaired) electrons. The minimum Gasteiger partial charge on any atom is -0.454 e. The zero-order valence-corrected chi connectivity index (χ0v) is 19.6. The predicted molar refractivity (Wildman–Crippen MR) is 132 cm³/mol. The summed E-state index contributed by atoms with van der Waals surface area (Å²) in [4.78, 5) is 43.5. The van der Waals surface area contributed by atoms with E-state index in [4.69, 9.17) is 10.5 Å². The topological polar surface area (TPSA) is 121 Å². The number of nitrogen functional groups attached to an aromatic ring is 1. The molecule has 188 valence electrons. The molecule has 1 aliphatic heterocycles. The number of aromatic nitrogens is 3. The van der Waals surface area contributed by atoms with Crippen LogP contribution >= 0.6 is 0 Å². The summed E-state index contributed by atoms with van der Waals surface area (Å²) < 4.78 is 36.0. The molecular weight excluding hydrogens is 484 g/mol. The van der Waals surface area contributed by atoms with Gasteiger partial charge in [0.05, 0.1) is 5.69 Å². The maximum atomic E-state index is 14.8. The van der Waals surface area contributed by atoms with Gasteiger partial charge in [-0.25, -0.2) is 23.1 Å². The molecule has 2 aromatic heterocycles. The molecule has 0 aliphatic carbocycles. The van der Waals surface area contributed by atoms with Crippen molar-refractivity contribution in [1.82, 2.24) is 14.1 Å². The van der Waals surface area contributed by atoms with Gasteiger partial charge < -0.3 is 15.8 Å². The fourth-order valence-corrected chi connectivity index (χ4v) is 4.25. The molecule has 2 aromatic carbocycles. The summed E-state index contributed by atoms with van der Waals surface area (Å²) in [7, 11) is 0. The number of hydrogen-bond donors (Lipinski definition) is 2. The van der Waals surface area contributed by atoms with E-state index in [0.717, 1.165) is 22.8 Å².